The van der Waals surface area contributed by atoms with Gasteiger partial charge in [0.2, 0.25) is 9.84 Å². The first-order valence-electron chi connectivity index (χ1n) is 7.38. The third-order valence-corrected chi connectivity index (χ3v) is 5.20. The van der Waals surface area contributed by atoms with E-state index in [4.69, 9.17) is 14.2 Å². The van der Waals surface area contributed by atoms with Gasteiger partial charge in [0.05, 0.1) is 19.8 Å². The number of hydrogen-bond acceptors (Lipinski definition) is 6. The predicted octanol–water partition coefficient (Wildman–Crippen LogP) is 2.72. The van der Waals surface area contributed by atoms with E-state index in [0.29, 0.717) is 0 Å². The van der Waals surface area contributed by atoms with Gasteiger partial charge in [0.1, 0.15) is 22.1 Å². The van der Waals surface area contributed by atoms with Gasteiger partial charge in [-0.05, 0) is 29.8 Å². The van der Waals surface area contributed by atoms with Gasteiger partial charge in [-0.2, -0.15) is 0 Å². The van der Waals surface area contributed by atoms with Crippen molar-refractivity contribution in [1.82, 2.24) is 0 Å². The average molecular weight is 360 g/mol. The Bertz CT molecular complexity index is 942. The van der Waals surface area contributed by atoms with Gasteiger partial charge in [0.15, 0.2) is 11.7 Å². The second kappa shape index (κ2) is 6.60. The minimum absolute atomic E-state index is 0.0417. The van der Waals surface area contributed by atoms with Crippen molar-refractivity contribution >= 4 is 21.7 Å². The minimum atomic E-state index is -3.49. The van der Waals surface area contributed by atoms with Crippen molar-refractivity contribution in [3.8, 4) is 17.2 Å². The Morgan fingerprint density at radius 2 is 1.84 bits per heavy atom. The fourth-order valence-corrected chi connectivity index (χ4v) is 3.56. The molecule has 0 amide bonds. The van der Waals surface area contributed by atoms with Crippen LogP contribution in [0.1, 0.15) is 15.9 Å². The molecule has 2 aromatic carbocycles. The number of carbonyl (C=O) groups is 1. The molecule has 25 heavy (non-hydrogen) atoms. The molecule has 130 valence electrons. The van der Waals surface area contributed by atoms with Crippen molar-refractivity contribution in [2.75, 3.05) is 20.2 Å². The molecule has 1 aliphatic heterocycles. The monoisotopic (exact) mass is 360 g/mol. The van der Waals surface area contributed by atoms with Crippen molar-refractivity contribution in [2.45, 2.75) is 4.90 Å². The molecule has 0 aromatic heterocycles. The van der Waals surface area contributed by atoms with E-state index in [1.807, 2.05) is 12.1 Å². The second-order valence-corrected chi connectivity index (χ2v) is 7.25. The molecule has 0 saturated carbocycles. The highest BCUT2D eigenvalue weighted by Gasteiger charge is 2.30. The van der Waals surface area contributed by atoms with Crippen LogP contribution in [0.3, 0.4) is 0 Å². The van der Waals surface area contributed by atoms with E-state index in [-0.39, 0.29) is 27.7 Å². The van der Waals surface area contributed by atoms with E-state index in [1.54, 1.807) is 25.3 Å². The second-order valence-electron chi connectivity index (χ2n) is 5.35. The molecule has 6 nitrogen and oxygen atoms in total. The Labute approximate surface area is 145 Å². The van der Waals surface area contributed by atoms with Crippen molar-refractivity contribution in [2.24, 2.45) is 0 Å². The molecule has 0 spiro atoms. The van der Waals surface area contributed by atoms with E-state index in [2.05, 4.69) is 0 Å². The maximum absolute atomic E-state index is 12.5. The molecular weight excluding hydrogens is 344 g/mol. The summed E-state index contributed by atoms with van der Waals surface area (Å²) >= 11 is 0. The van der Waals surface area contributed by atoms with Crippen LogP contribution in [0.5, 0.6) is 17.2 Å². The van der Waals surface area contributed by atoms with Gasteiger partial charge in [0, 0.05) is 6.07 Å². The van der Waals surface area contributed by atoms with E-state index >= 15 is 0 Å². The highest BCUT2D eigenvalue weighted by atomic mass is 32.2. The zero-order valence-electron chi connectivity index (χ0n) is 13.7. The molecule has 3 rings (SSSR count). The predicted molar refractivity (Wildman–Crippen MR) is 92.0 cm³/mol. The van der Waals surface area contributed by atoms with Crippen molar-refractivity contribution in [3.05, 3.63) is 53.6 Å². The third kappa shape index (κ3) is 3.36. The molecule has 0 aliphatic carbocycles. The lowest BCUT2D eigenvalue weighted by molar-refractivity contribution is 0.104. The van der Waals surface area contributed by atoms with Crippen LogP contribution in [-0.2, 0) is 9.84 Å². The van der Waals surface area contributed by atoms with Gasteiger partial charge in [0.25, 0.3) is 0 Å². The maximum Gasteiger partial charge on any atom is 0.217 e. The lowest BCUT2D eigenvalue weighted by Crippen LogP contribution is -2.02. The summed E-state index contributed by atoms with van der Waals surface area (Å²) in [5.74, 6) is 0.342. The number of allylic oxidation sites excluding steroid dienone is 1. The smallest absolute Gasteiger partial charge is 0.217 e. The summed E-state index contributed by atoms with van der Waals surface area (Å²) in [5.41, 5.74) is 1.07. The number of fused-ring (bicyclic) bond motifs is 1. The van der Waals surface area contributed by atoms with Gasteiger partial charge < -0.3 is 14.2 Å². The summed E-state index contributed by atoms with van der Waals surface area (Å²) in [6.45, 7) is 0. The molecule has 0 radical (unpaired) electrons. The summed E-state index contributed by atoms with van der Waals surface area (Å²) < 4.78 is 39.2. The van der Waals surface area contributed by atoms with Crippen LogP contribution in [0.25, 0.3) is 6.08 Å². The lowest BCUT2D eigenvalue weighted by Gasteiger charge is -2.07. The zero-order valence-corrected chi connectivity index (χ0v) is 14.5. The molecule has 1 aliphatic rings. The first-order chi connectivity index (χ1) is 11.9. The molecule has 2 aromatic rings. The molecule has 0 fully saturated rings. The van der Waals surface area contributed by atoms with Crippen molar-refractivity contribution in [3.63, 3.8) is 0 Å². The molecule has 0 unspecified atom stereocenters. The third-order valence-electron chi connectivity index (χ3n) is 3.78. The quantitative estimate of drug-likeness (QED) is 0.603. The zero-order chi connectivity index (χ0) is 18.0. The standard InChI is InChI=1S/C18H16O6S/c1-22-13-6-3-12(4-7-13)5-8-15(19)14-9-17-18(10-16(14)23-2)25(20,21)11-24-17/h3-10H,11H2,1-2H3. The van der Waals surface area contributed by atoms with Crippen LogP contribution in [0.2, 0.25) is 0 Å². The van der Waals surface area contributed by atoms with E-state index in [9.17, 15) is 13.2 Å². The van der Waals surface area contributed by atoms with Crippen LogP contribution in [0.15, 0.2) is 47.4 Å². The molecule has 0 saturated heterocycles. The Morgan fingerprint density at radius 3 is 2.48 bits per heavy atom. The Morgan fingerprint density at radius 1 is 1.12 bits per heavy atom. The van der Waals surface area contributed by atoms with E-state index in [0.717, 1.165) is 11.3 Å². The maximum atomic E-state index is 12.5. The first-order valence-corrected chi connectivity index (χ1v) is 9.04. The lowest BCUT2D eigenvalue weighted by atomic mass is 10.1. The Hall–Kier alpha value is -2.80. The van der Waals surface area contributed by atoms with Crippen LogP contribution >= 0.6 is 0 Å². The largest absolute Gasteiger partial charge is 0.497 e. The number of sulfone groups is 1. The number of rotatable bonds is 5. The van der Waals surface area contributed by atoms with Crippen LogP contribution < -0.4 is 14.2 Å². The first kappa shape index (κ1) is 17.0. The van der Waals surface area contributed by atoms with Crippen molar-refractivity contribution in [1.29, 1.82) is 0 Å². The van der Waals surface area contributed by atoms with Gasteiger partial charge in [-0.25, -0.2) is 8.42 Å². The van der Waals surface area contributed by atoms with Gasteiger partial charge in [-0.15, -0.1) is 0 Å². The van der Waals surface area contributed by atoms with E-state index in [1.165, 1.54) is 25.3 Å². The summed E-state index contributed by atoms with van der Waals surface area (Å²) in [4.78, 5) is 12.5. The van der Waals surface area contributed by atoms with Gasteiger partial charge in [-0.3, -0.25) is 4.79 Å². The Kier molecular flexibility index (Phi) is 4.50. The van der Waals surface area contributed by atoms with Crippen LogP contribution in [0, 0.1) is 0 Å². The van der Waals surface area contributed by atoms with Crippen LogP contribution in [0.4, 0.5) is 0 Å². The fourth-order valence-electron chi connectivity index (χ4n) is 2.44. The number of benzene rings is 2. The summed E-state index contributed by atoms with van der Waals surface area (Å²) in [5, 5.41) is 0. The number of ketones is 1. The molecule has 0 atom stereocenters. The molecule has 1 heterocycles. The SMILES string of the molecule is COc1ccc(C=CC(=O)c2cc3c(cc2OC)S(=O)(=O)CO3)cc1. The molecule has 0 N–H and O–H groups in total. The topological polar surface area (TPSA) is 78.9 Å². The average Bonchev–Trinajstić information content (AvgIpc) is 2.93. The number of hydrogen-bond donors (Lipinski definition) is 0. The van der Waals surface area contributed by atoms with Gasteiger partial charge in [-0.1, -0.05) is 18.2 Å². The van der Waals surface area contributed by atoms with Crippen molar-refractivity contribution < 1.29 is 27.4 Å². The van der Waals surface area contributed by atoms with Gasteiger partial charge >= 0.3 is 0 Å². The molecule has 7 heteroatoms. The fraction of sp³-hybridized carbons (Fsp3) is 0.167. The molecular formula is C18H16O6S. The summed E-state index contributed by atoms with van der Waals surface area (Å²) in [6.07, 6.45) is 3.06. The van der Waals surface area contributed by atoms with Crippen LogP contribution in [-0.4, -0.2) is 34.4 Å². The number of ether oxygens (including phenoxy) is 3. The number of carbonyl (C=O) groups excluding carboxylic acids is 1. The normalized spacial score (nSPS) is 14.8. The Balaban J connectivity index is 1.90. The minimum Gasteiger partial charge on any atom is -0.497 e. The molecule has 0 bridgehead atoms. The van der Waals surface area contributed by atoms with E-state index < -0.39 is 15.8 Å². The highest BCUT2D eigenvalue weighted by Crippen LogP contribution is 2.37. The summed E-state index contributed by atoms with van der Waals surface area (Å²) in [6, 6.07) is 9.94. The number of methoxy groups -OCH3 is 2. The summed E-state index contributed by atoms with van der Waals surface area (Å²) in [7, 11) is -0.523. The highest BCUT2D eigenvalue weighted by molar-refractivity contribution is 7.91.